The number of fused-ring (bicyclic) bond motifs is 2. The van der Waals surface area contributed by atoms with E-state index in [4.69, 9.17) is 15.2 Å². The molecule has 150 valence electrons. The Bertz CT molecular complexity index is 1020. The molecule has 2 aliphatic heterocycles. The monoisotopic (exact) mass is 397 g/mol. The predicted octanol–water partition coefficient (Wildman–Crippen LogP) is 1.01. The van der Waals surface area contributed by atoms with Crippen LogP contribution in [0.4, 0.5) is 5.69 Å². The molecule has 0 aromatic heterocycles. The van der Waals surface area contributed by atoms with Crippen molar-refractivity contribution in [2.75, 3.05) is 25.7 Å². The lowest BCUT2D eigenvalue weighted by molar-refractivity contribution is -0.141. The molecule has 1 amide bonds. The molecule has 0 bridgehead atoms. The quantitative estimate of drug-likeness (QED) is 0.745. The van der Waals surface area contributed by atoms with E-state index in [9.17, 15) is 19.6 Å². The third kappa shape index (κ3) is 2.64. The van der Waals surface area contributed by atoms with Crippen molar-refractivity contribution in [3.63, 3.8) is 0 Å². The topological polar surface area (TPSA) is 132 Å². The molecule has 0 radical (unpaired) electrons. The molecule has 1 spiro atoms. The van der Waals surface area contributed by atoms with E-state index in [1.807, 2.05) is 6.07 Å². The lowest BCUT2D eigenvalue weighted by Gasteiger charge is -2.35. The van der Waals surface area contributed by atoms with Gasteiger partial charge in [0.1, 0.15) is 29.4 Å². The van der Waals surface area contributed by atoms with Gasteiger partial charge in [-0.3, -0.25) is 9.59 Å². The third-order valence-corrected chi connectivity index (χ3v) is 5.02. The smallest absolute Gasteiger partial charge is 0.339 e. The van der Waals surface area contributed by atoms with Crippen LogP contribution in [0.15, 0.2) is 47.1 Å². The molecular weight excluding hydrogens is 378 g/mol. The molecular formula is C20H19N3O6. The van der Waals surface area contributed by atoms with Crippen molar-refractivity contribution < 1.29 is 28.6 Å². The van der Waals surface area contributed by atoms with Crippen molar-refractivity contribution in [3.8, 4) is 6.07 Å². The van der Waals surface area contributed by atoms with Gasteiger partial charge in [0.2, 0.25) is 11.8 Å². The summed E-state index contributed by atoms with van der Waals surface area (Å²) in [6.45, 7) is 2.06. The summed E-state index contributed by atoms with van der Waals surface area (Å²) < 4.78 is 15.0. The fourth-order valence-electron chi connectivity index (χ4n) is 3.84. The average molecular weight is 397 g/mol. The maximum atomic E-state index is 13.7. The first-order chi connectivity index (χ1) is 13.9. The van der Waals surface area contributed by atoms with Crippen LogP contribution < -0.4 is 10.6 Å². The number of rotatable bonds is 4. The Labute approximate surface area is 166 Å². The minimum Gasteiger partial charge on any atom is -0.469 e. The normalized spacial score (nSPS) is 20.3. The van der Waals surface area contributed by atoms with Crippen LogP contribution in [0.1, 0.15) is 18.9 Å². The second-order valence-corrected chi connectivity index (χ2v) is 6.31. The molecule has 3 rings (SSSR count). The summed E-state index contributed by atoms with van der Waals surface area (Å²) in [6.07, 6.45) is -0.469. The Morgan fingerprint density at radius 1 is 1.28 bits per heavy atom. The summed E-state index contributed by atoms with van der Waals surface area (Å²) in [5.74, 6) is -2.73. The molecule has 0 saturated carbocycles. The molecule has 1 unspecified atom stereocenters. The Kier molecular flexibility index (Phi) is 5.03. The Balaban J connectivity index is 2.45. The standard InChI is InChI=1S/C20H19N3O6/c1-4-23-13-8-6-5-7-11(13)20(19(23)26)12(10-21)17(22)29-14(9-15(24)27-2)16(20)18(25)28-3/h5-8H,4,9,22H2,1-3H3. The lowest BCUT2D eigenvalue weighted by atomic mass is 9.68. The fraction of sp³-hybridized carbons (Fsp3) is 0.300. The van der Waals surface area contributed by atoms with Crippen molar-refractivity contribution in [1.82, 2.24) is 0 Å². The number of ether oxygens (including phenoxy) is 3. The highest BCUT2D eigenvalue weighted by atomic mass is 16.5. The number of carbonyl (C=O) groups excluding carboxylic acids is 3. The van der Waals surface area contributed by atoms with Gasteiger partial charge in [0.25, 0.3) is 0 Å². The lowest BCUT2D eigenvalue weighted by Crippen LogP contribution is -2.48. The van der Waals surface area contributed by atoms with Gasteiger partial charge in [-0.25, -0.2) is 4.79 Å². The largest absolute Gasteiger partial charge is 0.469 e. The van der Waals surface area contributed by atoms with Gasteiger partial charge in [0.05, 0.1) is 14.2 Å². The van der Waals surface area contributed by atoms with Crippen LogP contribution >= 0.6 is 0 Å². The van der Waals surface area contributed by atoms with Gasteiger partial charge in [-0.05, 0) is 13.0 Å². The SMILES string of the molecule is CCN1C(=O)C2(C(C#N)=C(N)OC(CC(=O)OC)=C2C(=O)OC)c2ccccc21. The number of esters is 2. The number of nitrogens with zero attached hydrogens (tertiary/aromatic N) is 2. The number of nitriles is 1. The molecule has 0 fully saturated rings. The number of hydrogen-bond acceptors (Lipinski definition) is 8. The number of carbonyl (C=O) groups is 3. The summed E-state index contributed by atoms with van der Waals surface area (Å²) in [4.78, 5) is 39.9. The summed E-state index contributed by atoms with van der Waals surface area (Å²) in [5.41, 5.74) is 4.53. The van der Waals surface area contributed by atoms with Crippen LogP contribution in [-0.4, -0.2) is 38.6 Å². The van der Waals surface area contributed by atoms with Crippen molar-refractivity contribution in [2.45, 2.75) is 18.8 Å². The van der Waals surface area contributed by atoms with Crippen molar-refractivity contribution in [1.29, 1.82) is 5.26 Å². The highest BCUT2D eigenvalue weighted by Gasteiger charge is 2.62. The number of likely N-dealkylation sites (N-methyl/N-ethyl adjacent to an activating group) is 1. The molecule has 9 heteroatoms. The number of amides is 1. The van der Waals surface area contributed by atoms with Crippen LogP contribution in [0.2, 0.25) is 0 Å². The highest BCUT2D eigenvalue weighted by Crippen LogP contribution is 2.54. The van der Waals surface area contributed by atoms with E-state index in [0.29, 0.717) is 11.3 Å². The molecule has 9 nitrogen and oxygen atoms in total. The van der Waals surface area contributed by atoms with Gasteiger partial charge in [-0.15, -0.1) is 0 Å². The molecule has 1 atom stereocenters. The highest BCUT2D eigenvalue weighted by molar-refractivity contribution is 6.18. The van der Waals surface area contributed by atoms with Crippen molar-refractivity contribution in [3.05, 3.63) is 52.6 Å². The number of nitrogens with two attached hydrogens (primary N) is 1. The molecule has 1 aromatic rings. The number of benzene rings is 1. The zero-order valence-corrected chi connectivity index (χ0v) is 16.1. The summed E-state index contributed by atoms with van der Waals surface area (Å²) in [5, 5.41) is 9.87. The molecule has 2 aliphatic rings. The maximum Gasteiger partial charge on any atom is 0.339 e. The molecule has 0 saturated heterocycles. The van der Waals surface area contributed by atoms with Crippen LogP contribution in [0, 0.1) is 11.3 Å². The van der Waals surface area contributed by atoms with E-state index in [0.717, 1.165) is 7.11 Å². The molecule has 1 aromatic carbocycles. The minimum absolute atomic E-state index is 0.193. The number of para-hydroxylation sites is 1. The summed E-state index contributed by atoms with van der Waals surface area (Å²) >= 11 is 0. The van der Waals surface area contributed by atoms with E-state index < -0.39 is 29.7 Å². The van der Waals surface area contributed by atoms with Crippen LogP contribution in [0.3, 0.4) is 0 Å². The van der Waals surface area contributed by atoms with E-state index in [1.165, 1.54) is 12.0 Å². The zero-order valence-electron chi connectivity index (χ0n) is 16.1. The summed E-state index contributed by atoms with van der Waals surface area (Å²) in [7, 11) is 2.31. The van der Waals surface area contributed by atoms with Crippen LogP contribution in [0.25, 0.3) is 0 Å². The molecule has 0 aliphatic carbocycles. The predicted molar refractivity (Wildman–Crippen MR) is 99.7 cm³/mol. The first-order valence-electron chi connectivity index (χ1n) is 8.76. The van der Waals surface area contributed by atoms with E-state index >= 15 is 0 Å². The average Bonchev–Trinajstić information content (AvgIpc) is 2.96. The molecule has 2 heterocycles. The maximum absolute atomic E-state index is 13.7. The van der Waals surface area contributed by atoms with Crippen LogP contribution in [0.5, 0.6) is 0 Å². The first-order valence-corrected chi connectivity index (χ1v) is 8.76. The molecule has 2 N–H and O–H groups in total. The Morgan fingerprint density at radius 2 is 1.97 bits per heavy atom. The number of hydrogen-bond donors (Lipinski definition) is 1. The second-order valence-electron chi connectivity index (χ2n) is 6.31. The third-order valence-electron chi connectivity index (χ3n) is 5.02. The molecule has 29 heavy (non-hydrogen) atoms. The second kappa shape index (κ2) is 7.31. The van der Waals surface area contributed by atoms with E-state index in [2.05, 4.69) is 4.74 Å². The Hall–Kier alpha value is -3.80. The summed E-state index contributed by atoms with van der Waals surface area (Å²) in [6, 6.07) is 8.69. The van der Waals surface area contributed by atoms with Crippen LogP contribution in [-0.2, 0) is 34.0 Å². The number of anilines is 1. The minimum atomic E-state index is -1.87. The fourth-order valence-corrected chi connectivity index (χ4v) is 3.84. The van der Waals surface area contributed by atoms with Crippen molar-refractivity contribution >= 4 is 23.5 Å². The Morgan fingerprint density at radius 3 is 2.55 bits per heavy atom. The van der Waals surface area contributed by atoms with Gasteiger partial charge in [0.15, 0.2) is 5.41 Å². The first kappa shape index (κ1) is 19.9. The van der Waals surface area contributed by atoms with Gasteiger partial charge in [-0.1, -0.05) is 18.2 Å². The van der Waals surface area contributed by atoms with Gasteiger partial charge in [-0.2, -0.15) is 5.26 Å². The zero-order chi connectivity index (χ0) is 21.3. The van der Waals surface area contributed by atoms with Gasteiger partial charge in [0, 0.05) is 17.8 Å². The van der Waals surface area contributed by atoms with Gasteiger partial charge < -0.3 is 24.8 Å². The van der Waals surface area contributed by atoms with Crippen molar-refractivity contribution in [2.24, 2.45) is 5.73 Å². The van der Waals surface area contributed by atoms with E-state index in [-0.39, 0.29) is 29.3 Å². The van der Waals surface area contributed by atoms with Gasteiger partial charge >= 0.3 is 11.9 Å². The van der Waals surface area contributed by atoms with E-state index in [1.54, 1.807) is 31.2 Å². The number of methoxy groups -OCH3 is 2.